The van der Waals surface area contributed by atoms with Crippen LogP contribution < -0.4 is 4.72 Å². The van der Waals surface area contributed by atoms with Gasteiger partial charge in [-0.05, 0) is 6.42 Å². The molecule has 0 saturated carbocycles. The van der Waals surface area contributed by atoms with E-state index in [1.54, 1.807) is 0 Å². The quantitative estimate of drug-likeness (QED) is 0.590. The predicted molar refractivity (Wildman–Crippen MR) is 67.5 cm³/mol. The number of nitrogens with zero attached hydrogens (tertiary/aromatic N) is 1. The van der Waals surface area contributed by atoms with Crippen molar-refractivity contribution in [1.29, 1.82) is 0 Å². The second-order valence-electron chi connectivity index (χ2n) is 4.03. The largest absolute Gasteiger partial charge is 0.481 e. The first kappa shape index (κ1) is 17.3. The summed E-state index contributed by atoms with van der Waals surface area (Å²) in [5.74, 6) is -1.03. The lowest BCUT2D eigenvalue weighted by Gasteiger charge is -2.22. The molecule has 0 heterocycles. The molecule has 8 heteroatoms. The van der Waals surface area contributed by atoms with Crippen molar-refractivity contribution in [3.63, 3.8) is 0 Å². The van der Waals surface area contributed by atoms with Gasteiger partial charge in [-0.2, -0.15) is 17.4 Å². The molecule has 1 unspecified atom stereocenters. The molecule has 0 saturated heterocycles. The molecule has 108 valence electrons. The van der Waals surface area contributed by atoms with Crippen molar-refractivity contribution < 1.29 is 23.1 Å². The van der Waals surface area contributed by atoms with Crippen LogP contribution in [0.4, 0.5) is 0 Å². The zero-order valence-corrected chi connectivity index (χ0v) is 11.9. The normalized spacial score (nSPS) is 13.8. The summed E-state index contributed by atoms with van der Waals surface area (Å²) in [6.45, 7) is 2.18. The molecule has 0 aromatic carbocycles. The van der Waals surface area contributed by atoms with Crippen molar-refractivity contribution >= 4 is 16.2 Å². The third kappa shape index (κ3) is 6.90. The van der Waals surface area contributed by atoms with Gasteiger partial charge >= 0.3 is 5.97 Å². The van der Waals surface area contributed by atoms with E-state index in [9.17, 15) is 13.2 Å². The Kier molecular flexibility index (Phi) is 8.08. The van der Waals surface area contributed by atoms with E-state index in [1.807, 2.05) is 6.92 Å². The van der Waals surface area contributed by atoms with Crippen molar-refractivity contribution in [3.05, 3.63) is 0 Å². The molecule has 0 aliphatic heterocycles. The van der Waals surface area contributed by atoms with Crippen LogP contribution in [0.1, 0.15) is 26.2 Å². The number of nitrogens with one attached hydrogen (secondary N) is 1. The summed E-state index contributed by atoms with van der Waals surface area (Å²) in [6.07, 6.45) is 1.27. The molecular weight excluding hydrogens is 260 g/mol. The second-order valence-corrected chi connectivity index (χ2v) is 5.84. The summed E-state index contributed by atoms with van der Waals surface area (Å²) in [4.78, 5) is 10.4. The van der Waals surface area contributed by atoms with Crippen LogP contribution >= 0.6 is 0 Å². The molecule has 0 aliphatic carbocycles. The van der Waals surface area contributed by atoms with Gasteiger partial charge in [-0.3, -0.25) is 4.79 Å². The van der Waals surface area contributed by atoms with Gasteiger partial charge in [-0.15, -0.1) is 0 Å². The topological polar surface area (TPSA) is 95.9 Å². The predicted octanol–water partition coefficient (Wildman–Crippen LogP) is 0.0424. The number of methoxy groups -OCH3 is 1. The molecule has 1 atom stereocenters. The molecule has 0 aromatic rings. The van der Waals surface area contributed by atoms with Gasteiger partial charge in [0.15, 0.2) is 0 Å². The van der Waals surface area contributed by atoms with Crippen molar-refractivity contribution in [2.24, 2.45) is 0 Å². The number of carbonyl (C=O) groups is 1. The minimum Gasteiger partial charge on any atom is -0.481 e. The third-order valence-electron chi connectivity index (χ3n) is 2.37. The minimum absolute atomic E-state index is 0.0590. The number of rotatable bonds is 10. The van der Waals surface area contributed by atoms with Gasteiger partial charge in [-0.25, -0.2) is 0 Å². The molecular formula is C10H22N2O5S. The smallest absolute Gasteiger partial charge is 0.304 e. The fourth-order valence-electron chi connectivity index (χ4n) is 1.40. The number of aliphatic carboxylic acids is 1. The van der Waals surface area contributed by atoms with Crippen molar-refractivity contribution in [2.75, 3.05) is 27.3 Å². The Balaban J connectivity index is 4.45. The van der Waals surface area contributed by atoms with Crippen LogP contribution in [0, 0.1) is 0 Å². The zero-order valence-electron chi connectivity index (χ0n) is 11.0. The molecule has 18 heavy (non-hydrogen) atoms. The lowest BCUT2D eigenvalue weighted by molar-refractivity contribution is -0.137. The van der Waals surface area contributed by atoms with Crippen LogP contribution in [-0.2, 0) is 19.7 Å². The van der Waals surface area contributed by atoms with Crippen LogP contribution in [0.5, 0.6) is 0 Å². The lowest BCUT2D eigenvalue weighted by Crippen LogP contribution is -2.45. The van der Waals surface area contributed by atoms with Gasteiger partial charge in [0, 0.05) is 26.7 Å². The lowest BCUT2D eigenvalue weighted by atomic mass is 10.2. The van der Waals surface area contributed by atoms with Gasteiger partial charge in [0.1, 0.15) is 0 Å². The minimum atomic E-state index is -3.66. The van der Waals surface area contributed by atoms with E-state index in [2.05, 4.69) is 4.72 Å². The monoisotopic (exact) mass is 282 g/mol. The number of carboxylic acid groups (broad SMARTS) is 1. The van der Waals surface area contributed by atoms with Crippen molar-refractivity contribution in [3.8, 4) is 0 Å². The Bertz CT molecular complexity index is 338. The van der Waals surface area contributed by atoms with E-state index >= 15 is 0 Å². The fourth-order valence-corrected chi connectivity index (χ4v) is 2.52. The standard InChI is InChI=1S/C10H22N2O5S/c1-4-5-9(8-17-3)11-18(15,16)12(2)7-6-10(13)14/h9,11H,4-8H2,1-3H3,(H,13,14). The third-order valence-corrected chi connectivity index (χ3v) is 4.01. The van der Waals surface area contributed by atoms with Crippen molar-refractivity contribution in [1.82, 2.24) is 9.03 Å². The molecule has 0 aliphatic rings. The maximum atomic E-state index is 11.9. The Morgan fingerprint density at radius 1 is 1.50 bits per heavy atom. The first-order chi connectivity index (χ1) is 8.33. The Labute approximate surface area is 108 Å². The van der Waals surface area contributed by atoms with Gasteiger partial charge in [0.2, 0.25) is 0 Å². The van der Waals surface area contributed by atoms with Crippen LogP contribution in [0.2, 0.25) is 0 Å². The number of hydrogen-bond donors (Lipinski definition) is 2. The molecule has 0 spiro atoms. The average molecular weight is 282 g/mol. The summed E-state index contributed by atoms with van der Waals surface area (Å²) in [7, 11) is -0.806. The Hall–Kier alpha value is -0.700. The fraction of sp³-hybridized carbons (Fsp3) is 0.900. The second kappa shape index (κ2) is 8.41. The number of hydrogen-bond acceptors (Lipinski definition) is 4. The summed E-state index contributed by atoms with van der Waals surface area (Å²) >= 11 is 0. The highest BCUT2D eigenvalue weighted by atomic mass is 32.2. The molecule has 0 amide bonds. The summed E-state index contributed by atoms with van der Waals surface area (Å²) in [5.41, 5.74) is 0. The van der Waals surface area contributed by atoms with E-state index in [1.165, 1.54) is 14.2 Å². The van der Waals surface area contributed by atoms with Gasteiger partial charge < -0.3 is 9.84 Å². The molecule has 0 fully saturated rings. The van der Waals surface area contributed by atoms with Crippen LogP contribution in [-0.4, -0.2) is 57.1 Å². The molecule has 0 rings (SSSR count). The van der Waals surface area contributed by atoms with Crippen LogP contribution in [0.3, 0.4) is 0 Å². The van der Waals surface area contributed by atoms with Crippen molar-refractivity contribution in [2.45, 2.75) is 32.2 Å². The first-order valence-electron chi connectivity index (χ1n) is 5.77. The summed E-state index contributed by atoms with van der Waals surface area (Å²) < 4.78 is 32.2. The van der Waals surface area contributed by atoms with Crippen LogP contribution in [0.15, 0.2) is 0 Å². The molecule has 0 aromatic heterocycles. The average Bonchev–Trinajstić information content (AvgIpc) is 2.25. The van der Waals surface area contributed by atoms with Gasteiger partial charge in [0.25, 0.3) is 10.2 Å². The molecule has 2 N–H and O–H groups in total. The molecule has 0 bridgehead atoms. The van der Waals surface area contributed by atoms with E-state index in [0.717, 1.165) is 10.7 Å². The van der Waals surface area contributed by atoms with Crippen LogP contribution in [0.25, 0.3) is 0 Å². The maximum absolute atomic E-state index is 11.9. The highest BCUT2D eigenvalue weighted by Gasteiger charge is 2.22. The summed E-state index contributed by atoms with van der Waals surface area (Å²) in [5, 5.41) is 8.52. The van der Waals surface area contributed by atoms with Gasteiger partial charge in [0.05, 0.1) is 13.0 Å². The molecule has 7 nitrogen and oxygen atoms in total. The molecule has 0 radical (unpaired) electrons. The zero-order chi connectivity index (χ0) is 14.2. The Morgan fingerprint density at radius 3 is 2.56 bits per heavy atom. The first-order valence-corrected chi connectivity index (χ1v) is 7.21. The van der Waals surface area contributed by atoms with E-state index in [4.69, 9.17) is 9.84 Å². The Morgan fingerprint density at radius 2 is 2.11 bits per heavy atom. The SMILES string of the molecule is CCCC(COC)NS(=O)(=O)N(C)CCC(=O)O. The number of carboxylic acids is 1. The van der Waals surface area contributed by atoms with E-state index in [0.29, 0.717) is 13.0 Å². The summed E-state index contributed by atoms with van der Waals surface area (Å²) in [6, 6.07) is -0.294. The highest BCUT2D eigenvalue weighted by Crippen LogP contribution is 2.03. The number of ether oxygens (including phenoxy) is 1. The maximum Gasteiger partial charge on any atom is 0.304 e. The van der Waals surface area contributed by atoms with E-state index in [-0.39, 0.29) is 19.0 Å². The van der Waals surface area contributed by atoms with E-state index < -0.39 is 16.2 Å². The van der Waals surface area contributed by atoms with Gasteiger partial charge in [-0.1, -0.05) is 13.3 Å². The highest BCUT2D eigenvalue weighted by molar-refractivity contribution is 7.87.